The van der Waals surface area contributed by atoms with Gasteiger partial charge in [-0.25, -0.2) is 23.1 Å². The standard InChI is InChI=1S/C28H31F3N6O3S/c1-16(33-26(39)24-17(2)34-27(41-24)35-18(3)38)19-4-6-20(7-5-19)40-21-9-12-36(14-21)22-8-11-32-25(23(22)29)37-13-10-28(30,31)15-37/h4-8,11,16,21H,9-10,12-15H2,1-3H3,(H,33,39)(H,34,35,38)/t16-,21?/m0/s1. The number of amides is 2. The Hall–Kier alpha value is -3.87. The number of rotatable bonds is 8. The smallest absolute Gasteiger partial charge is 0.266 e. The molecule has 1 unspecified atom stereocenters. The second-order valence-corrected chi connectivity index (χ2v) is 11.3. The lowest BCUT2D eigenvalue weighted by atomic mass is 10.1. The molecule has 0 radical (unpaired) electrons. The molecule has 3 aromatic rings. The number of alkyl halides is 2. The molecular formula is C28H31F3N6O3S. The molecule has 1 aromatic carbocycles. The molecule has 218 valence electrons. The van der Waals surface area contributed by atoms with Crippen molar-refractivity contribution in [1.82, 2.24) is 15.3 Å². The van der Waals surface area contributed by atoms with Crippen LogP contribution in [0.25, 0.3) is 0 Å². The van der Waals surface area contributed by atoms with E-state index in [1.165, 1.54) is 18.0 Å². The van der Waals surface area contributed by atoms with Crippen LogP contribution in [0.3, 0.4) is 0 Å². The fraction of sp³-hybridized carbons (Fsp3) is 0.429. The lowest BCUT2D eigenvalue weighted by molar-refractivity contribution is -0.114. The van der Waals surface area contributed by atoms with Crippen LogP contribution in [0.2, 0.25) is 0 Å². The van der Waals surface area contributed by atoms with Crippen molar-refractivity contribution in [3.8, 4) is 5.75 Å². The van der Waals surface area contributed by atoms with Gasteiger partial charge in [-0.15, -0.1) is 0 Å². The third-order valence-corrected chi connectivity index (χ3v) is 8.19. The van der Waals surface area contributed by atoms with Gasteiger partial charge in [-0.1, -0.05) is 23.5 Å². The Bertz CT molecular complexity index is 1430. The maximum Gasteiger partial charge on any atom is 0.266 e. The number of benzene rings is 1. The first-order valence-corrected chi connectivity index (χ1v) is 14.2. The van der Waals surface area contributed by atoms with E-state index in [1.807, 2.05) is 36.1 Å². The highest BCUT2D eigenvalue weighted by Gasteiger charge is 2.40. The van der Waals surface area contributed by atoms with E-state index >= 15 is 4.39 Å². The summed E-state index contributed by atoms with van der Waals surface area (Å²) in [6.07, 6.45) is 1.63. The fourth-order valence-corrected chi connectivity index (χ4v) is 5.95. The van der Waals surface area contributed by atoms with E-state index in [2.05, 4.69) is 20.6 Å². The number of hydrogen-bond acceptors (Lipinski definition) is 8. The minimum absolute atomic E-state index is 0.0421. The lowest BCUT2D eigenvalue weighted by Gasteiger charge is -2.23. The van der Waals surface area contributed by atoms with Crippen LogP contribution < -0.4 is 25.2 Å². The van der Waals surface area contributed by atoms with Crippen molar-refractivity contribution in [2.45, 2.75) is 51.7 Å². The number of halogens is 3. The first-order valence-electron chi connectivity index (χ1n) is 13.3. The van der Waals surface area contributed by atoms with E-state index < -0.39 is 18.3 Å². The van der Waals surface area contributed by atoms with Crippen LogP contribution in [0.4, 0.5) is 29.8 Å². The molecule has 2 atom stereocenters. The van der Waals surface area contributed by atoms with E-state index in [9.17, 15) is 18.4 Å². The molecule has 0 saturated carbocycles. The highest BCUT2D eigenvalue weighted by molar-refractivity contribution is 7.17. The van der Waals surface area contributed by atoms with E-state index in [1.54, 1.807) is 13.0 Å². The zero-order chi connectivity index (χ0) is 29.3. The Kier molecular flexibility index (Phi) is 8.07. The van der Waals surface area contributed by atoms with Crippen molar-refractivity contribution >= 4 is 39.8 Å². The molecule has 4 heterocycles. The summed E-state index contributed by atoms with van der Waals surface area (Å²) in [4.78, 5) is 35.9. The summed E-state index contributed by atoms with van der Waals surface area (Å²) in [6, 6.07) is 8.67. The average molecular weight is 589 g/mol. The molecular weight excluding hydrogens is 557 g/mol. The van der Waals surface area contributed by atoms with Crippen LogP contribution in [0.1, 0.15) is 53.7 Å². The van der Waals surface area contributed by atoms with Crippen LogP contribution in [0.5, 0.6) is 5.75 Å². The lowest BCUT2D eigenvalue weighted by Crippen LogP contribution is -2.29. The van der Waals surface area contributed by atoms with Crippen LogP contribution in [0, 0.1) is 12.7 Å². The number of carbonyl (C=O) groups is 2. The molecule has 2 aliphatic heterocycles. The first kappa shape index (κ1) is 28.7. The number of thiazole rings is 1. The quantitative estimate of drug-likeness (QED) is 0.385. The number of nitrogens with one attached hydrogen (secondary N) is 2. The summed E-state index contributed by atoms with van der Waals surface area (Å²) in [7, 11) is 0. The van der Waals surface area contributed by atoms with Crippen molar-refractivity contribution in [3.63, 3.8) is 0 Å². The van der Waals surface area contributed by atoms with Gasteiger partial charge in [0.25, 0.3) is 11.8 Å². The topological polar surface area (TPSA) is 99.7 Å². The molecule has 2 aromatic heterocycles. The van der Waals surface area contributed by atoms with Crippen LogP contribution in [0.15, 0.2) is 36.5 Å². The molecule has 0 aliphatic carbocycles. The number of nitrogens with zero attached hydrogens (tertiary/aromatic N) is 4. The monoisotopic (exact) mass is 588 g/mol. The minimum atomic E-state index is -2.84. The van der Waals surface area contributed by atoms with Crippen molar-refractivity contribution in [3.05, 3.63) is 58.5 Å². The van der Waals surface area contributed by atoms with Gasteiger partial charge in [0.05, 0.1) is 30.5 Å². The second kappa shape index (κ2) is 11.6. The number of anilines is 3. The second-order valence-electron chi connectivity index (χ2n) is 10.3. The van der Waals surface area contributed by atoms with Crippen molar-refractivity contribution in [2.75, 3.05) is 41.3 Å². The predicted octanol–water partition coefficient (Wildman–Crippen LogP) is 4.94. The summed E-state index contributed by atoms with van der Waals surface area (Å²) in [5.74, 6) is -3.36. The molecule has 9 nitrogen and oxygen atoms in total. The number of carbonyl (C=O) groups excluding carboxylic acids is 2. The summed E-state index contributed by atoms with van der Waals surface area (Å²) in [5, 5.41) is 5.93. The van der Waals surface area contributed by atoms with E-state index in [4.69, 9.17) is 4.74 Å². The summed E-state index contributed by atoms with van der Waals surface area (Å²) in [6.45, 7) is 5.50. The normalized spacial score (nSPS) is 18.8. The molecule has 5 rings (SSSR count). The Morgan fingerprint density at radius 2 is 1.93 bits per heavy atom. The van der Waals surface area contributed by atoms with Gasteiger partial charge in [-0.2, -0.15) is 0 Å². The third kappa shape index (κ3) is 6.55. The molecule has 0 spiro atoms. The molecule has 0 bridgehead atoms. The van der Waals surface area contributed by atoms with Crippen LogP contribution >= 0.6 is 11.3 Å². The van der Waals surface area contributed by atoms with Gasteiger partial charge >= 0.3 is 0 Å². The zero-order valence-corrected chi connectivity index (χ0v) is 23.7. The Morgan fingerprint density at radius 1 is 1.17 bits per heavy atom. The van der Waals surface area contributed by atoms with Gasteiger partial charge in [0.15, 0.2) is 16.8 Å². The molecule has 2 amide bonds. The molecule has 2 saturated heterocycles. The van der Waals surface area contributed by atoms with Crippen molar-refractivity contribution < 1.29 is 27.5 Å². The predicted molar refractivity (Wildman–Crippen MR) is 151 cm³/mol. The van der Waals surface area contributed by atoms with Gasteiger partial charge in [0.2, 0.25) is 5.91 Å². The van der Waals surface area contributed by atoms with Crippen molar-refractivity contribution in [2.24, 2.45) is 0 Å². The third-order valence-electron chi connectivity index (χ3n) is 7.12. The zero-order valence-electron chi connectivity index (χ0n) is 22.9. The van der Waals surface area contributed by atoms with Gasteiger partial charge < -0.3 is 25.2 Å². The Morgan fingerprint density at radius 3 is 2.61 bits per heavy atom. The SMILES string of the molecule is CC(=O)Nc1nc(C)c(C(=O)N[C@@H](C)c2ccc(OC3CCN(c4ccnc(N5CCC(F)(F)C5)c4F)C3)cc2)s1. The van der Waals surface area contributed by atoms with E-state index in [0.717, 1.165) is 16.9 Å². The number of ether oxygens (including phenoxy) is 1. The Labute approximate surface area is 239 Å². The van der Waals surface area contributed by atoms with Gasteiger partial charge in [0.1, 0.15) is 16.7 Å². The fourth-order valence-electron chi connectivity index (χ4n) is 5.03. The summed E-state index contributed by atoms with van der Waals surface area (Å²) in [5.41, 5.74) is 1.75. The summed E-state index contributed by atoms with van der Waals surface area (Å²) < 4.78 is 48.8. The van der Waals surface area contributed by atoms with Crippen LogP contribution in [-0.2, 0) is 4.79 Å². The minimum Gasteiger partial charge on any atom is -0.489 e. The highest BCUT2D eigenvalue weighted by atomic mass is 32.1. The molecule has 2 N–H and O–H groups in total. The maximum atomic E-state index is 15.3. The van der Waals surface area contributed by atoms with Gasteiger partial charge in [-0.3, -0.25) is 9.59 Å². The molecule has 2 aliphatic rings. The van der Waals surface area contributed by atoms with E-state index in [-0.39, 0.29) is 42.7 Å². The number of pyridine rings is 1. The van der Waals surface area contributed by atoms with Gasteiger partial charge in [-0.05, 0) is 37.6 Å². The molecule has 2 fully saturated rings. The highest BCUT2D eigenvalue weighted by Crippen LogP contribution is 2.35. The summed E-state index contributed by atoms with van der Waals surface area (Å²) >= 11 is 1.12. The van der Waals surface area contributed by atoms with E-state index in [0.29, 0.717) is 46.6 Å². The molecule has 41 heavy (non-hydrogen) atoms. The molecule has 13 heteroatoms. The first-order chi connectivity index (χ1) is 19.5. The average Bonchev–Trinajstić information content (AvgIpc) is 3.62. The number of hydrogen-bond donors (Lipinski definition) is 2. The number of aryl methyl sites for hydroxylation is 1. The number of aromatic nitrogens is 2. The maximum absolute atomic E-state index is 15.3. The largest absolute Gasteiger partial charge is 0.489 e. The van der Waals surface area contributed by atoms with Gasteiger partial charge in [0, 0.05) is 39.1 Å². The van der Waals surface area contributed by atoms with Crippen LogP contribution in [-0.4, -0.2) is 60.0 Å². The van der Waals surface area contributed by atoms with Crippen molar-refractivity contribution in [1.29, 1.82) is 0 Å². The Balaban J connectivity index is 1.16.